The van der Waals surface area contributed by atoms with Gasteiger partial charge in [-0.25, -0.2) is 0 Å². The molecule has 0 bridgehead atoms. The lowest BCUT2D eigenvalue weighted by Crippen LogP contribution is -2.34. The Labute approximate surface area is 120 Å². The van der Waals surface area contributed by atoms with Gasteiger partial charge in [0.1, 0.15) is 5.75 Å². The van der Waals surface area contributed by atoms with Gasteiger partial charge in [-0.15, -0.1) is 0 Å². The van der Waals surface area contributed by atoms with Gasteiger partial charge in [-0.2, -0.15) is 0 Å². The van der Waals surface area contributed by atoms with Crippen LogP contribution in [0.15, 0.2) is 18.2 Å². The average Bonchev–Trinajstić information content (AvgIpc) is 2.43. The number of nitrogens with two attached hydrogens (primary N) is 1. The van der Waals surface area contributed by atoms with Crippen molar-refractivity contribution in [2.45, 2.75) is 25.8 Å². The molecule has 0 aromatic heterocycles. The van der Waals surface area contributed by atoms with Crippen molar-refractivity contribution in [3.05, 3.63) is 28.8 Å². The summed E-state index contributed by atoms with van der Waals surface area (Å²) in [6.07, 6.45) is 3.64. The Morgan fingerprint density at radius 1 is 1.37 bits per heavy atom. The van der Waals surface area contributed by atoms with Crippen LogP contribution in [0.1, 0.15) is 24.8 Å². The lowest BCUT2D eigenvalue weighted by Gasteiger charge is -2.32. The van der Waals surface area contributed by atoms with Crippen LogP contribution in [0.5, 0.6) is 5.75 Å². The van der Waals surface area contributed by atoms with E-state index in [-0.39, 0.29) is 0 Å². The highest BCUT2D eigenvalue weighted by Gasteiger charge is 2.20. The summed E-state index contributed by atoms with van der Waals surface area (Å²) >= 11 is 6.28. The molecule has 0 unspecified atom stereocenters. The van der Waals surface area contributed by atoms with Crippen LogP contribution >= 0.6 is 11.6 Å². The van der Waals surface area contributed by atoms with Gasteiger partial charge < -0.3 is 10.5 Å². The molecule has 1 aromatic carbocycles. The fraction of sp³-hybridized carbons (Fsp3) is 0.600. The number of rotatable bonds is 5. The highest BCUT2D eigenvalue weighted by Crippen LogP contribution is 2.29. The van der Waals surface area contributed by atoms with Gasteiger partial charge in [-0.3, -0.25) is 4.90 Å². The molecular weight excluding hydrogens is 260 g/mol. The van der Waals surface area contributed by atoms with Crippen molar-refractivity contribution >= 4 is 11.6 Å². The molecule has 0 spiro atoms. The van der Waals surface area contributed by atoms with Gasteiger partial charge >= 0.3 is 0 Å². The third-order valence-electron chi connectivity index (χ3n) is 3.96. The van der Waals surface area contributed by atoms with Gasteiger partial charge in [0.25, 0.3) is 0 Å². The molecule has 0 radical (unpaired) electrons. The largest absolute Gasteiger partial charge is 0.496 e. The fourth-order valence-electron chi connectivity index (χ4n) is 2.78. The van der Waals surface area contributed by atoms with E-state index >= 15 is 0 Å². The molecule has 19 heavy (non-hydrogen) atoms. The third kappa shape index (κ3) is 3.85. The normalized spacial score (nSPS) is 17.6. The first-order chi connectivity index (χ1) is 9.24. The number of hydrogen-bond acceptors (Lipinski definition) is 3. The average molecular weight is 283 g/mol. The van der Waals surface area contributed by atoms with Crippen molar-refractivity contribution in [2.75, 3.05) is 26.7 Å². The molecule has 1 saturated heterocycles. The van der Waals surface area contributed by atoms with Crippen molar-refractivity contribution in [1.82, 2.24) is 4.90 Å². The summed E-state index contributed by atoms with van der Waals surface area (Å²) in [6.45, 7) is 3.93. The van der Waals surface area contributed by atoms with Gasteiger partial charge in [-0.1, -0.05) is 17.7 Å². The third-order valence-corrected chi connectivity index (χ3v) is 4.31. The zero-order chi connectivity index (χ0) is 13.7. The van der Waals surface area contributed by atoms with E-state index < -0.39 is 0 Å². The van der Waals surface area contributed by atoms with Gasteiger partial charge in [0.05, 0.1) is 7.11 Å². The van der Waals surface area contributed by atoms with Crippen LogP contribution < -0.4 is 10.5 Å². The first kappa shape index (κ1) is 14.6. The van der Waals surface area contributed by atoms with Gasteiger partial charge in [-0.05, 0) is 56.9 Å². The summed E-state index contributed by atoms with van der Waals surface area (Å²) in [6, 6.07) is 5.83. The zero-order valence-electron chi connectivity index (χ0n) is 11.6. The summed E-state index contributed by atoms with van der Waals surface area (Å²) in [7, 11) is 1.70. The summed E-state index contributed by atoms with van der Waals surface area (Å²) in [5.74, 6) is 1.69. The SMILES string of the molecule is COc1cccc(Cl)c1CN1CCC(CCN)CC1. The summed E-state index contributed by atoms with van der Waals surface area (Å²) in [5.41, 5.74) is 6.73. The standard InChI is InChI=1S/C15H23ClN2O/c1-19-15-4-2-3-14(16)13(15)11-18-9-6-12(5-8-17)7-10-18/h2-4,12H,5-11,17H2,1H3. The van der Waals surface area contributed by atoms with Gasteiger partial charge in [0.15, 0.2) is 0 Å². The Hall–Kier alpha value is -0.770. The monoisotopic (exact) mass is 282 g/mol. The first-order valence-electron chi connectivity index (χ1n) is 6.98. The Balaban J connectivity index is 1.96. The van der Waals surface area contributed by atoms with Crippen LogP contribution in [0.25, 0.3) is 0 Å². The molecule has 3 nitrogen and oxygen atoms in total. The van der Waals surface area contributed by atoms with Crippen LogP contribution in [0.4, 0.5) is 0 Å². The maximum Gasteiger partial charge on any atom is 0.124 e. The molecule has 1 aromatic rings. The summed E-state index contributed by atoms with van der Waals surface area (Å²) in [5, 5.41) is 0.795. The Morgan fingerprint density at radius 3 is 2.74 bits per heavy atom. The van der Waals surface area contributed by atoms with E-state index in [1.54, 1.807) is 7.11 Å². The second-order valence-corrected chi connectivity index (χ2v) is 5.62. The summed E-state index contributed by atoms with van der Waals surface area (Å²) < 4.78 is 5.40. The number of ether oxygens (including phenoxy) is 1. The number of methoxy groups -OCH3 is 1. The topological polar surface area (TPSA) is 38.5 Å². The molecule has 0 aliphatic carbocycles. The molecule has 1 heterocycles. The lowest BCUT2D eigenvalue weighted by molar-refractivity contribution is 0.172. The minimum atomic E-state index is 0.795. The van der Waals surface area contributed by atoms with E-state index in [0.717, 1.165) is 54.9 Å². The van der Waals surface area contributed by atoms with Crippen molar-refractivity contribution in [1.29, 1.82) is 0 Å². The van der Waals surface area contributed by atoms with Crippen molar-refractivity contribution in [3.8, 4) is 5.75 Å². The van der Waals surface area contributed by atoms with E-state index in [9.17, 15) is 0 Å². The highest BCUT2D eigenvalue weighted by atomic mass is 35.5. The van der Waals surface area contributed by atoms with Crippen LogP contribution in [-0.4, -0.2) is 31.6 Å². The molecule has 1 aliphatic heterocycles. The highest BCUT2D eigenvalue weighted by molar-refractivity contribution is 6.31. The van der Waals surface area contributed by atoms with E-state index in [2.05, 4.69) is 4.90 Å². The van der Waals surface area contributed by atoms with E-state index in [1.165, 1.54) is 12.8 Å². The van der Waals surface area contributed by atoms with Crippen molar-refractivity contribution in [3.63, 3.8) is 0 Å². The Kier molecular flexibility index (Phi) is 5.49. The predicted octanol–water partition coefficient (Wildman–Crippen LogP) is 2.91. The maximum absolute atomic E-state index is 6.28. The molecule has 1 aliphatic rings. The Bertz CT molecular complexity index is 403. The predicted molar refractivity (Wildman–Crippen MR) is 79.7 cm³/mol. The number of piperidine rings is 1. The number of hydrogen-bond donors (Lipinski definition) is 1. The minimum absolute atomic E-state index is 0.795. The van der Waals surface area contributed by atoms with Crippen molar-refractivity contribution < 1.29 is 4.74 Å². The number of nitrogens with zero attached hydrogens (tertiary/aromatic N) is 1. The van der Waals surface area contributed by atoms with Crippen molar-refractivity contribution in [2.24, 2.45) is 11.7 Å². The summed E-state index contributed by atoms with van der Waals surface area (Å²) in [4.78, 5) is 2.46. The second kappa shape index (κ2) is 7.13. The second-order valence-electron chi connectivity index (χ2n) is 5.22. The van der Waals surface area contributed by atoms with Gasteiger partial charge in [0.2, 0.25) is 0 Å². The number of likely N-dealkylation sites (tertiary alicyclic amines) is 1. The molecule has 4 heteroatoms. The fourth-order valence-corrected chi connectivity index (χ4v) is 3.00. The van der Waals surface area contributed by atoms with Gasteiger partial charge in [0, 0.05) is 17.1 Å². The zero-order valence-corrected chi connectivity index (χ0v) is 12.3. The van der Waals surface area contributed by atoms with E-state index in [4.69, 9.17) is 22.1 Å². The van der Waals surface area contributed by atoms with E-state index in [1.807, 2.05) is 18.2 Å². The van der Waals surface area contributed by atoms with Crippen LogP contribution in [-0.2, 0) is 6.54 Å². The molecule has 1 fully saturated rings. The lowest BCUT2D eigenvalue weighted by atomic mass is 9.93. The van der Waals surface area contributed by atoms with Crippen LogP contribution in [0.3, 0.4) is 0 Å². The first-order valence-corrected chi connectivity index (χ1v) is 7.36. The molecule has 2 rings (SSSR count). The Morgan fingerprint density at radius 2 is 2.11 bits per heavy atom. The molecule has 0 atom stereocenters. The smallest absolute Gasteiger partial charge is 0.124 e. The molecule has 0 amide bonds. The molecule has 0 saturated carbocycles. The minimum Gasteiger partial charge on any atom is -0.496 e. The quantitative estimate of drug-likeness (QED) is 0.902. The van der Waals surface area contributed by atoms with E-state index in [0.29, 0.717) is 0 Å². The molecule has 106 valence electrons. The molecular formula is C15H23ClN2O. The van der Waals surface area contributed by atoms with Crippen LogP contribution in [0, 0.1) is 5.92 Å². The maximum atomic E-state index is 6.28. The number of halogens is 1. The molecule has 2 N–H and O–H groups in total. The van der Waals surface area contributed by atoms with Crippen LogP contribution in [0.2, 0.25) is 5.02 Å². The number of benzene rings is 1.